The van der Waals surface area contributed by atoms with Crippen molar-refractivity contribution in [2.24, 2.45) is 5.92 Å². The quantitative estimate of drug-likeness (QED) is 0.809. The lowest BCUT2D eigenvalue weighted by molar-refractivity contribution is -0.135. The fourth-order valence-corrected chi connectivity index (χ4v) is 3.25. The van der Waals surface area contributed by atoms with Crippen molar-refractivity contribution in [1.82, 2.24) is 15.1 Å². The van der Waals surface area contributed by atoms with Gasteiger partial charge in [-0.3, -0.25) is 4.79 Å². The van der Waals surface area contributed by atoms with E-state index in [4.69, 9.17) is 0 Å². The van der Waals surface area contributed by atoms with E-state index in [0.717, 1.165) is 19.5 Å². The Labute approximate surface area is 111 Å². The zero-order chi connectivity index (χ0) is 13.3. The summed E-state index contributed by atoms with van der Waals surface area (Å²) in [6.45, 7) is 4.01. The van der Waals surface area contributed by atoms with Gasteiger partial charge in [-0.1, -0.05) is 6.92 Å². The Morgan fingerprint density at radius 3 is 2.39 bits per heavy atom. The average Bonchev–Trinajstić information content (AvgIpc) is 2.67. The van der Waals surface area contributed by atoms with Gasteiger partial charge in [0.25, 0.3) is 0 Å². The minimum atomic E-state index is 0.0364. The van der Waals surface area contributed by atoms with Crippen molar-refractivity contribution in [2.75, 3.05) is 34.2 Å². The fraction of sp³-hybridized carbons (Fsp3) is 0.929. The number of amides is 1. The van der Waals surface area contributed by atoms with E-state index >= 15 is 0 Å². The smallest absolute Gasteiger partial charge is 0.239 e. The zero-order valence-electron chi connectivity index (χ0n) is 12.2. The van der Waals surface area contributed by atoms with Gasteiger partial charge in [0.1, 0.15) is 0 Å². The number of nitrogens with zero attached hydrogens (tertiary/aromatic N) is 2. The molecule has 1 saturated carbocycles. The van der Waals surface area contributed by atoms with Crippen LogP contribution in [0, 0.1) is 5.92 Å². The maximum Gasteiger partial charge on any atom is 0.239 e. The van der Waals surface area contributed by atoms with Crippen molar-refractivity contribution in [2.45, 2.75) is 44.2 Å². The molecule has 2 rings (SSSR count). The van der Waals surface area contributed by atoms with E-state index in [1.54, 1.807) is 0 Å². The normalized spacial score (nSPS) is 30.3. The summed E-state index contributed by atoms with van der Waals surface area (Å²) >= 11 is 0. The molecule has 1 amide bonds. The summed E-state index contributed by atoms with van der Waals surface area (Å²) in [5, 5.41) is 3.33. The molecule has 0 bridgehead atoms. The first-order valence-corrected chi connectivity index (χ1v) is 7.12. The molecule has 0 aromatic rings. The van der Waals surface area contributed by atoms with Gasteiger partial charge in [0.15, 0.2) is 0 Å². The number of likely N-dealkylation sites (N-methyl/N-ethyl adjacent to an activating group) is 2. The Kier molecular flexibility index (Phi) is 3.97. The van der Waals surface area contributed by atoms with E-state index in [-0.39, 0.29) is 17.5 Å². The molecule has 1 aliphatic carbocycles. The van der Waals surface area contributed by atoms with Crippen LogP contribution in [-0.2, 0) is 4.79 Å². The third-order valence-electron chi connectivity index (χ3n) is 4.94. The molecule has 1 heterocycles. The fourth-order valence-electron chi connectivity index (χ4n) is 3.25. The van der Waals surface area contributed by atoms with E-state index < -0.39 is 0 Å². The largest absolute Gasteiger partial charge is 0.343 e. The van der Waals surface area contributed by atoms with Crippen LogP contribution in [0.3, 0.4) is 0 Å². The van der Waals surface area contributed by atoms with Crippen molar-refractivity contribution in [3.05, 3.63) is 0 Å². The van der Waals surface area contributed by atoms with Crippen molar-refractivity contribution in [3.8, 4) is 0 Å². The summed E-state index contributed by atoms with van der Waals surface area (Å²) in [6, 6.07) is 0.0364. The highest BCUT2D eigenvalue weighted by Crippen LogP contribution is 2.36. The predicted molar refractivity (Wildman–Crippen MR) is 73.5 cm³/mol. The first-order valence-electron chi connectivity index (χ1n) is 7.12. The number of hydrogen-bond acceptors (Lipinski definition) is 3. The summed E-state index contributed by atoms with van der Waals surface area (Å²) in [6.07, 6.45) is 4.83. The first kappa shape index (κ1) is 13.8. The molecule has 0 spiro atoms. The molecule has 4 heteroatoms. The zero-order valence-corrected chi connectivity index (χ0v) is 12.2. The molecule has 2 unspecified atom stereocenters. The van der Waals surface area contributed by atoms with Gasteiger partial charge in [-0.15, -0.1) is 0 Å². The molecule has 2 aliphatic rings. The maximum atomic E-state index is 12.4. The van der Waals surface area contributed by atoms with Crippen LogP contribution in [0.5, 0.6) is 0 Å². The Bertz CT molecular complexity index is 312. The minimum absolute atomic E-state index is 0.0364. The molecule has 0 aromatic carbocycles. The molecule has 104 valence electrons. The van der Waals surface area contributed by atoms with Gasteiger partial charge < -0.3 is 15.1 Å². The average molecular weight is 253 g/mol. The second-order valence-electron chi connectivity index (χ2n) is 6.36. The Morgan fingerprint density at radius 2 is 2.00 bits per heavy atom. The summed E-state index contributed by atoms with van der Waals surface area (Å²) < 4.78 is 0. The van der Waals surface area contributed by atoms with Crippen LogP contribution in [-0.4, -0.2) is 61.5 Å². The van der Waals surface area contributed by atoms with Gasteiger partial charge in [-0.25, -0.2) is 0 Å². The highest BCUT2D eigenvalue weighted by atomic mass is 16.2. The predicted octanol–water partition coefficient (Wildman–Crippen LogP) is 0.927. The van der Waals surface area contributed by atoms with Crippen molar-refractivity contribution in [3.63, 3.8) is 0 Å². The SMILES string of the molecule is CC1CCNC1C(=O)N(C)CC1(N(C)C)CCC1. The van der Waals surface area contributed by atoms with Crippen LogP contribution in [0.4, 0.5) is 0 Å². The van der Waals surface area contributed by atoms with E-state index in [0.29, 0.717) is 5.92 Å². The summed E-state index contributed by atoms with van der Waals surface area (Å²) in [7, 11) is 6.22. The molecule has 4 nitrogen and oxygen atoms in total. The van der Waals surface area contributed by atoms with Gasteiger partial charge in [0.05, 0.1) is 6.04 Å². The van der Waals surface area contributed by atoms with Crippen molar-refractivity contribution >= 4 is 5.91 Å². The molecule has 1 aliphatic heterocycles. The summed E-state index contributed by atoms with van der Waals surface area (Å²) in [5.74, 6) is 0.741. The maximum absolute atomic E-state index is 12.4. The third-order valence-corrected chi connectivity index (χ3v) is 4.94. The van der Waals surface area contributed by atoms with Crippen LogP contribution in [0.25, 0.3) is 0 Å². The lowest BCUT2D eigenvalue weighted by atomic mass is 9.75. The number of nitrogens with one attached hydrogen (secondary N) is 1. The lowest BCUT2D eigenvalue weighted by Crippen LogP contribution is -2.59. The lowest BCUT2D eigenvalue weighted by Gasteiger charge is -2.49. The van der Waals surface area contributed by atoms with E-state index in [1.807, 2.05) is 11.9 Å². The van der Waals surface area contributed by atoms with E-state index in [2.05, 4.69) is 31.2 Å². The first-order chi connectivity index (χ1) is 8.46. The molecule has 1 saturated heterocycles. The third kappa shape index (κ3) is 2.41. The molecule has 0 radical (unpaired) electrons. The van der Waals surface area contributed by atoms with E-state index in [1.165, 1.54) is 19.3 Å². The van der Waals surface area contributed by atoms with E-state index in [9.17, 15) is 4.79 Å². The van der Waals surface area contributed by atoms with Crippen molar-refractivity contribution in [1.29, 1.82) is 0 Å². The number of carbonyl (C=O) groups is 1. The highest BCUT2D eigenvalue weighted by Gasteiger charge is 2.42. The molecule has 18 heavy (non-hydrogen) atoms. The minimum Gasteiger partial charge on any atom is -0.343 e. The van der Waals surface area contributed by atoms with Crippen LogP contribution in [0.15, 0.2) is 0 Å². The monoisotopic (exact) mass is 253 g/mol. The molecule has 1 N–H and O–H groups in total. The standard InChI is InChI=1S/C14H27N3O/c1-11-6-9-15-12(11)13(18)17(4)10-14(16(2)3)7-5-8-14/h11-12,15H,5-10H2,1-4H3. The second kappa shape index (κ2) is 5.17. The van der Waals surface area contributed by atoms with Crippen LogP contribution in [0.2, 0.25) is 0 Å². The molecule has 2 fully saturated rings. The Balaban J connectivity index is 1.95. The second-order valence-corrected chi connectivity index (χ2v) is 6.36. The topological polar surface area (TPSA) is 35.6 Å². The van der Waals surface area contributed by atoms with Gasteiger partial charge in [0, 0.05) is 19.1 Å². The number of hydrogen-bond donors (Lipinski definition) is 1. The van der Waals surface area contributed by atoms with Gasteiger partial charge in [-0.05, 0) is 52.2 Å². The number of carbonyl (C=O) groups excluding carboxylic acids is 1. The van der Waals surface area contributed by atoms with Crippen molar-refractivity contribution < 1.29 is 4.79 Å². The van der Waals surface area contributed by atoms with Gasteiger partial charge in [0.2, 0.25) is 5.91 Å². The number of rotatable bonds is 4. The van der Waals surface area contributed by atoms with Crippen LogP contribution < -0.4 is 5.32 Å². The van der Waals surface area contributed by atoms with Gasteiger partial charge >= 0.3 is 0 Å². The Morgan fingerprint density at radius 1 is 1.33 bits per heavy atom. The highest BCUT2D eigenvalue weighted by molar-refractivity contribution is 5.82. The van der Waals surface area contributed by atoms with Gasteiger partial charge in [-0.2, -0.15) is 0 Å². The summed E-state index contributed by atoms with van der Waals surface area (Å²) in [5.41, 5.74) is 0.228. The summed E-state index contributed by atoms with van der Waals surface area (Å²) in [4.78, 5) is 16.7. The Hall–Kier alpha value is -0.610. The molecular formula is C14H27N3O. The molecule has 2 atom stereocenters. The molecule has 0 aromatic heterocycles. The van der Waals surface area contributed by atoms with Crippen LogP contribution in [0.1, 0.15) is 32.6 Å². The molecular weight excluding hydrogens is 226 g/mol. The van der Waals surface area contributed by atoms with Crippen LogP contribution >= 0.6 is 0 Å².